The maximum atomic E-state index is 12.6. The van der Waals surface area contributed by atoms with Crippen molar-refractivity contribution in [1.29, 1.82) is 0 Å². The monoisotopic (exact) mass is 759 g/mol. The second-order valence-electron chi connectivity index (χ2n) is 15.4. The summed E-state index contributed by atoms with van der Waals surface area (Å²) >= 11 is 0. The number of rotatable bonds is 38. The first-order chi connectivity index (χ1) is 25.0. The van der Waals surface area contributed by atoms with E-state index in [1.54, 1.807) is 0 Å². The molecule has 52 heavy (non-hydrogen) atoms. The Hall–Kier alpha value is -1.51. The van der Waals surface area contributed by atoms with Gasteiger partial charge in [0.1, 0.15) is 19.8 Å². The number of hydrogen-bond donors (Lipinski definition) is 1. The molecule has 0 heterocycles. The molecule has 0 aromatic heterocycles. The van der Waals surface area contributed by atoms with Crippen molar-refractivity contribution in [2.45, 2.75) is 187 Å². The first kappa shape index (κ1) is 50.5. The van der Waals surface area contributed by atoms with Crippen molar-refractivity contribution in [3.63, 3.8) is 0 Å². The molecule has 1 N–H and O–H groups in total. The summed E-state index contributed by atoms with van der Waals surface area (Å²) < 4.78 is 34.2. The van der Waals surface area contributed by atoms with Crippen LogP contribution in [0, 0.1) is 0 Å². The van der Waals surface area contributed by atoms with Crippen LogP contribution < -0.4 is 0 Å². The summed E-state index contributed by atoms with van der Waals surface area (Å²) in [4.78, 5) is 35.2. The Bertz CT molecular complexity index is 949. The van der Waals surface area contributed by atoms with Crippen LogP contribution >= 0.6 is 7.82 Å². The van der Waals surface area contributed by atoms with Crippen molar-refractivity contribution in [2.75, 3.05) is 47.5 Å². The number of quaternary nitrogens is 1. The number of phosphoric ester groups is 1. The molecule has 0 bridgehead atoms. The maximum Gasteiger partial charge on any atom is 0.472 e. The lowest BCUT2D eigenvalue weighted by atomic mass is 10.1. The van der Waals surface area contributed by atoms with Crippen molar-refractivity contribution in [3.8, 4) is 0 Å². The number of phosphoric acid groups is 1. The molecule has 0 aromatic rings. The van der Waals surface area contributed by atoms with Crippen LogP contribution in [0.15, 0.2) is 24.3 Å². The van der Waals surface area contributed by atoms with Crippen molar-refractivity contribution >= 4 is 19.8 Å². The Labute approximate surface area is 319 Å². The van der Waals surface area contributed by atoms with Gasteiger partial charge in [-0.1, -0.05) is 141 Å². The van der Waals surface area contributed by atoms with Gasteiger partial charge in [0.2, 0.25) is 0 Å². The van der Waals surface area contributed by atoms with Crippen LogP contribution in [-0.4, -0.2) is 74.9 Å². The van der Waals surface area contributed by atoms with Crippen LogP contribution in [0.3, 0.4) is 0 Å². The molecular weight excluding hydrogens is 677 g/mol. The van der Waals surface area contributed by atoms with Gasteiger partial charge in [-0.05, 0) is 51.4 Å². The van der Waals surface area contributed by atoms with Gasteiger partial charge in [0.15, 0.2) is 6.10 Å². The topological polar surface area (TPSA) is 108 Å². The maximum absolute atomic E-state index is 12.6. The zero-order valence-corrected chi connectivity index (χ0v) is 35.2. The molecule has 0 rings (SSSR count). The molecule has 0 amide bonds. The SMILES string of the molecule is CCCCCCCC/C=C/CCCCCC(=O)OC[C@H](COP(=O)(O)OCC[N+](C)(C)C)OC(=O)CC/C=C/CCCCCCCCCCCCC. The highest BCUT2D eigenvalue weighted by atomic mass is 31.2. The van der Waals surface area contributed by atoms with E-state index in [-0.39, 0.29) is 26.1 Å². The van der Waals surface area contributed by atoms with Crippen LogP contribution in [0.4, 0.5) is 0 Å². The van der Waals surface area contributed by atoms with Gasteiger partial charge in [0.25, 0.3) is 0 Å². The van der Waals surface area contributed by atoms with Gasteiger partial charge in [-0.25, -0.2) is 4.57 Å². The zero-order chi connectivity index (χ0) is 38.6. The van der Waals surface area contributed by atoms with E-state index in [4.69, 9.17) is 18.5 Å². The summed E-state index contributed by atoms with van der Waals surface area (Å²) in [6.45, 7) is 4.35. The lowest BCUT2D eigenvalue weighted by molar-refractivity contribution is -0.870. The molecule has 0 spiro atoms. The Kier molecular flexibility index (Phi) is 34.2. The van der Waals surface area contributed by atoms with Crippen LogP contribution in [-0.2, 0) is 32.7 Å². The van der Waals surface area contributed by atoms with E-state index in [1.165, 1.54) is 103 Å². The summed E-state index contributed by atoms with van der Waals surface area (Å²) in [7, 11) is 1.45. The van der Waals surface area contributed by atoms with Gasteiger partial charge >= 0.3 is 19.8 Å². The third-order valence-electron chi connectivity index (χ3n) is 8.97. The minimum absolute atomic E-state index is 0.0250. The Morgan fingerprint density at radius 3 is 1.50 bits per heavy atom. The van der Waals surface area contributed by atoms with Gasteiger partial charge in [-0.3, -0.25) is 18.6 Å². The Balaban J connectivity index is 4.45. The minimum Gasteiger partial charge on any atom is -0.462 e. The quantitative estimate of drug-likeness (QED) is 0.0218. The molecule has 0 saturated carbocycles. The summed E-state index contributed by atoms with van der Waals surface area (Å²) in [5, 5.41) is 0. The van der Waals surface area contributed by atoms with E-state index < -0.39 is 32.5 Å². The number of ether oxygens (including phenoxy) is 2. The molecule has 10 heteroatoms. The number of likely N-dealkylation sites (N-methyl/N-ethyl adjacent to an activating group) is 1. The van der Waals surface area contributed by atoms with E-state index >= 15 is 0 Å². The van der Waals surface area contributed by atoms with Crippen LogP contribution in [0.1, 0.15) is 181 Å². The fraction of sp³-hybridized carbons (Fsp3) is 0.857. The van der Waals surface area contributed by atoms with Gasteiger partial charge in [0.05, 0.1) is 27.7 Å². The largest absolute Gasteiger partial charge is 0.472 e. The molecule has 306 valence electrons. The predicted molar refractivity (Wildman–Crippen MR) is 215 cm³/mol. The van der Waals surface area contributed by atoms with Crippen LogP contribution in [0.5, 0.6) is 0 Å². The van der Waals surface area contributed by atoms with E-state index in [0.717, 1.165) is 38.5 Å². The lowest BCUT2D eigenvalue weighted by Crippen LogP contribution is -2.37. The zero-order valence-electron chi connectivity index (χ0n) is 34.3. The number of hydrogen-bond acceptors (Lipinski definition) is 7. The number of allylic oxidation sites excluding steroid dienone is 4. The number of nitrogens with zero attached hydrogens (tertiary/aromatic N) is 1. The molecule has 0 radical (unpaired) electrons. The molecule has 0 aromatic carbocycles. The number of carbonyl (C=O) groups excluding carboxylic acids is 2. The number of esters is 2. The van der Waals surface area contributed by atoms with E-state index in [0.29, 0.717) is 23.9 Å². The van der Waals surface area contributed by atoms with Gasteiger partial charge in [-0.2, -0.15) is 0 Å². The van der Waals surface area contributed by atoms with Gasteiger partial charge in [0, 0.05) is 12.8 Å². The molecule has 0 aliphatic rings. The van der Waals surface area contributed by atoms with E-state index in [1.807, 2.05) is 27.2 Å². The standard InChI is InChI=1S/C42H80NO8P/c1-6-8-10-12-14-16-18-20-21-23-25-27-29-31-33-35-42(45)51-40(39-50-52(46,47)49-37-36-43(3,4)5)38-48-41(44)34-32-30-28-26-24-22-19-17-15-13-11-9-7-2/h22,24,29,31,40H,6-21,23,25-28,30,32-39H2,1-5H3/p+1/b24-22+,31-29+/t40-/m1/s1. The predicted octanol–water partition coefficient (Wildman–Crippen LogP) is 11.6. The summed E-state index contributed by atoms with van der Waals surface area (Å²) in [6, 6.07) is 0. The molecule has 1 unspecified atom stereocenters. The van der Waals surface area contributed by atoms with E-state index in [2.05, 4.69) is 32.1 Å². The average Bonchev–Trinajstić information content (AvgIpc) is 3.09. The molecule has 0 fully saturated rings. The second-order valence-corrected chi connectivity index (χ2v) is 16.8. The second kappa shape index (κ2) is 35.2. The number of unbranched alkanes of at least 4 members (excludes halogenated alkanes) is 20. The van der Waals surface area contributed by atoms with Crippen molar-refractivity contribution < 1.29 is 42.1 Å². The molecule has 2 atom stereocenters. The van der Waals surface area contributed by atoms with Crippen LogP contribution in [0.2, 0.25) is 0 Å². The molecular formula is C42H81NO8P+. The Morgan fingerprint density at radius 2 is 1.02 bits per heavy atom. The summed E-state index contributed by atoms with van der Waals surface area (Å²) in [5.41, 5.74) is 0. The molecule has 0 aliphatic carbocycles. The fourth-order valence-corrected chi connectivity index (χ4v) is 6.36. The highest BCUT2D eigenvalue weighted by molar-refractivity contribution is 7.47. The van der Waals surface area contributed by atoms with Crippen LogP contribution in [0.25, 0.3) is 0 Å². The van der Waals surface area contributed by atoms with Crippen molar-refractivity contribution in [1.82, 2.24) is 0 Å². The normalized spacial score (nSPS) is 13.9. The van der Waals surface area contributed by atoms with Gasteiger partial charge < -0.3 is 18.9 Å². The fourth-order valence-electron chi connectivity index (χ4n) is 5.61. The third kappa shape index (κ3) is 38.2. The first-order valence-corrected chi connectivity index (χ1v) is 22.6. The summed E-state index contributed by atoms with van der Waals surface area (Å²) in [6.07, 6.45) is 36.7. The van der Waals surface area contributed by atoms with Crippen molar-refractivity contribution in [3.05, 3.63) is 24.3 Å². The number of carbonyl (C=O) groups is 2. The smallest absolute Gasteiger partial charge is 0.462 e. The lowest BCUT2D eigenvalue weighted by Gasteiger charge is -2.24. The molecule has 0 aliphatic heterocycles. The highest BCUT2D eigenvalue weighted by Gasteiger charge is 2.27. The van der Waals surface area contributed by atoms with Gasteiger partial charge in [-0.15, -0.1) is 0 Å². The van der Waals surface area contributed by atoms with E-state index in [9.17, 15) is 19.0 Å². The molecule has 9 nitrogen and oxygen atoms in total. The minimum atomic E-state index is -4.38. The summed E-state index contributed by atoms with van der Waals surface area (Å²) in [5.74, 6) is -0.872. The average molecular weight is 759 g/mol. The van der Waals surface area contributed by atoms with Crippen molar-refractivity contribution in [2.24, 2.45) is 0 Å². The highest BCUT2D eigenvalue weighted by Crippen LogP contribution is 2.43. The third-order valence-corrected chi connectivity index (χ3v) is 9.95. The first-order valence-electron chi connectivity index (χ1n) is 21.1. The molecule has 0 saturated heterocycles. The Morgan fingerprint density at radius 1 is 0.577 bits per heavy atom.